The van der Waals surface area contributed by atoms with Gasteiger partial charge in [0.2, 0.25) is 5.88 Å². The van der Waals surface area contributed by atoms with Gasteiger partial charge < -0.3 is 10.0 Å². The van der Waals surface area contributed by atoms with Crippen molar-refractivity contribution in [3.63, 3.8) is 0 Å². The van der Waals surface area contributed by atoms with Crippen molar-refractivity contribution in [2.45, 2.75) is 43.1 Å². The molecule has 3 heterocycles. The first-order chi connectivity index (χ1) is 16.0. The summed E-state index contributed by atoms with van der Waals surface area (Å²) in [5.74, 6) is -0.384. The number of hydrogen-bond acceptors (Lipinski definition) is 6. The number of nitrogens with zero attached hydrogens (tertiary/aromatic N) is 4. The molecule has 0 bridgehead atoms. The Labute approximate surface area is 193 Å². The molecule has 8 nitrogen and oxygen atoms in total. The Kier molecular flexibility index (Phi) is 6.19. The van der Waals surface area contributed by atoms with Crippen LogP contribution >= 0.6 is 0 Å². The fourth-order valence-corrected chi connectivity index (χ4v) is 4.86. The van der Waals surface area contributed by atoms with Crippen LogP contribution in [0.5, 0.6) is 5.88 Å². The third kappa shape index (κ3) is 4.17. The molecule has 34 heavy (non-hydrogen) atoms. The minimum Gasteiger partial charge on any atom is -0.493 e. The first kappa shape index (κ1) is 23.9. The van der Waals surface area contributed by atoms with Gasteiger partial charge in [-0.05, 0) is 62.1 Å². The van der Waals surface area contributed by atoms with Crippen molar-refractivity contribution in [2.75, 3.05) is 18.0 Å². The molecule has 0 spiro atoms. The Bertz CT molecular complexity index is 1360. The summed E-state index contributed by atoms with van der Waals surface area (Å²) in [5, 5.41) is 10.6. The molecular formula is C22H23F3N4O4S. The normalized spacial score (nSPS) is 15.0. The van der Waals surface area contributed by atoms with Crippen LogP contribution < -0.4 is 10.6 Å². The van der Waals surface area contributed by atoms with Gasteiger partial charge in [0.1, 0.15) is 0 Å². The average molecular weight is 497 g/mol. The van der Waals surface area contributed by atoms with Crippen LogP contribution in [0, 0.1) is 6.92 Å². The molecule has 1 aliphatic rings. The van der Waals surface area contributed by atoms with Gasteiger partial charge in [0.25, 0.3) is 9.84 Å². The van der Waals surface area contributed by atoms with E-state index < -0.39 is 25.9 Å². The number of halogens is 3. The standard InChI is InChI=1S/C22H23F3N4O4S/c1-15-20(30)29(17-5-7-18(8-6-17)34(32,33)22(23,24)25)21(31)28(15)14-16-9-10-26-13-19(16)27-11-3-2-4-12-27/h5-10,13,30H,2-4,11-12,14H2,1H3. The molecule has 12 heteroatoms. The van der Waals surface area contributed by atoms with E-state index in [9.17, 15) is 31.5 Å². The number of imidazole rings is 1. The minimum atomic E-state index is -5.52. The van der Waals surface area contributed by atoms with Crippen LogP contribution in [-0.4, -0.2) is 46.2 Å². The number of alkyl halides is 3. The Morgan fingerprint density at radius 1 is 1.06 bits per heavy atom. The number of pyridine rings is 1. The molecule has 182 valence electrons. The van der Waals surface area contributed by atoms with E-state index >= 15 is 0 Å². The van der Waals surface area contributed by atoms with Crippen molar-refractivity contribution in [2.24, 2.45) is 0 Å². The zero-order valence-corrected chi connectivity index (χ0v) is 19.1. The van der Waals surface area contributed by atoms with Crippen LogP contribution in [0.3, 0.4) is 0 Å². The fraction of sp³-hybridized carbons (Fsp3) is 0.364. The highest BCUT2D eigenvalue weighted by Crippen LogP contribution is 2.31. The molecule has 1 fully saturated rings. The minimum absolute atomic E-state index is 0.0384. The largest absolute Gasteiger partial charge is 0.501 e. The first-order valence-corrected chi connectivity index (χ1v) is 12.1. The van der Waals surface area contributed by atoms with E-state index in [1.54, 1.807) is 25.4 Å². The van der Waals surface area contributed by atoms with Gasteiger partial charge in [-0.3, -0.25) is 9.55 Å². The zero-order valence-electron chi connectivity index (χ0n) is 18.3. The molecule has 0 radical (unpaired) electrons. The van der Waals surface area contributed by atoms with Crippen LogP contribution in [0.4, 0.5) is 18.9 Å². The fourth-order valence-electron chi connectivity index (χ4n) is 4.10. The zero-order chi connectivity index (χ0) is 24.7. The van der Waals surface area contributed by atoms with E-state index in [0.717, 1.165) is 72.4 Å². The number of rotatable bonds is 5. The summed E-state index contributed by atoms with van der Waals surface area (Å²) in [6.45, 7) is 3.47. The highest BCUT2D eigenvalue weighted by atomic mass is 32.2. The summed E-state index contributed by atoms with van der Waals surface area (Å²) in [7, 11) is -5.52. The summed E-state index contributed by atoms with van der Waals surface area (Å²) >= 11 is 0. The summed E-state index contributed by atoms with van der Waals surface area (Å²) < 4.78 is 63.9. The van der Waals surface area contributed by atoms with Crippen LogP contribution in [-0.2, 0) is 16.4 Å². The van der Waals surface area contributed by atoms with Gasteiger partial charge in [-0.2, -0.15) is 13.2 Å². The quantitative estimate of drug-likeness (QED) is 0.582. The third-order valence-corrected chi connectivity index (χ3v) is 7.49. The first-order valence-electron chi connectivity index (χ1n) is 10.6. The second-order valence-electron chi connectivity index (χ2n) is 8.11. The maximum absolute atomic E-state index is 13.2. The van der Waals surface area contributed by atoms with Gasteiger partial charge in [0.15, 0.2) is 0 Å². The van der Waals surface area contributed by atoms with Gasteiger partial charge >= 0.3 is 11.2 Å². The number of aromatic nitrogens is 3. The van der Waals surface area contributed by atoms with Crippen LogP contribution in [0.25, 0.3) is 5.69 Å². The monoisotopic (exact) mass is 496 g/mol. The van der Waals surface area contributed by atoms with Crippen LogP contribution in [0.1, 0.15) is 30.5 Å². The van der Waals surface area contributed by atoms with Crippen molar-refractivity contribution in [1.82, 2.24) is 14.1 Å². The highest BCUT2D eigenvalue weighted by Gasteiger charge is 2.46. The molecule has 1 N–H and O–H groups in total. The summed E-state index contributed by atoms with van der Waals surface area (Å²) in [5.41, 5.74) is -4.00. The maximum atomic E-state index is 13.2. The van der Waals surface area contributed by atoms with Crippen molar-refractivity contribution >= 4 is 15.5 Å². The van der Waals surface area contributed by atoms with Gasteiger partial charge in [0, 0.05) is 19.3 Å². The number of sulfone groups is 1. The highest BCUT2D eigenvalue weighted by molar-refractivity contribution is 7.92. The van der Waals surface area contributed by atoms with Gasteiger partial charge in [-0.15, -0.1) is 0 Å². The van der Waals surface area contributed by atoms with Crippen molar-refractivity contribution in [1.29, 1.82) is 0 Å². The number of anilines is 1. The molecule has 0 aliphatic carbocycles. The average Bonchev–Trinajstić information content (AvgIpc) is 3.02. The maximum Gasteiger partial charge on any atom is 0.501 e. The molecule has 0 saturated carbocycles. The van der Waals surface area contributed by atoms with Crippen molar-refractivity contribution in [3.05, 3.63) is 64.5 Å². The number of piperidine rings is 1. The summed E-state index contributed by atoms with van der Waals surface area (Å²) in [4.78, 5) is 18.7. The molecule has 0 amide bonds. The van der Waals surface area contributed by atoms with Gasteiger partial charge in [-0.25, -0.2) is 17.8 Å². The van der Waals surface area contributed by atoms with Crippen LogP contribution in [0.2, 0.25) is 0 Å². The predicted molar refractivity (Wildman–Crippen MR) is 119 cm³/mol. The molecule has 3 aromatic rings. The third-order valence-electron chi connectivity index (χ3n) is 5.99. The molecule has 0 atom stereocenters. The second-order valence-corrected chi connectivity index (χ2v) is 10.0. The van der Waals surface area contributed by atoms with E-state index in [1.807, 2.05) is 0 Å². The van der Waals surface area contributed by atoms with E-state index in [1.165, 1.54) is 4.57 Å². The van der Waals surface area contributed by atoms with E-state index in [-0.39, 0.29) is 23.8 Å². The van der Waals surface area contributed by atoms with E-state index in [4.69, 9.17) is 0 Å². The SMILES string of the molecule is Cc1c(O)n(-c2ccc(S(=O)(=O)C(F)(F)F)cc2)c(=O)n1Cc1ccncc1N1CCCCC1. The van der Waals surface area contributed by atoms with Crippen molar-refractivity contribution < 1.29 is 26.7 Å². The number of hydrogen-bond donors (Lipinski definition) is 1. The molecule has 0 unspecified atom stereocenters. The molecule has 2 aromatic heterocycles. The lowest BCUT2D eigenvalue weighted by molar-refractivity contribution is -0.0436. The smallest absolute Gasteiger partial charge is 0.493 e. The van der Waals surface area contributed by atoms with Gasteiger partial charge in [-0.1, -0.05) is 0 Å². The number of benzene rings is 1. The molecule has 1 aliphatic heterocycles. The Morgan fingerprint density at radius 2 is 1.71 bits per heavy atom. The molecular weight excluding hydrogens is 473 g/mol. The lowest BCUT2D eigenvalue weighted by atomic mass is 10.1. The molecule has 4 rings (SSSR count). The summed E-state index contributed by atoms with van der Waals surface area (Å²) in [6.07, 6.45) is 6.65. The Balaban J connectivity index is 1.70. The van der Waals surface area contributed by atoms with E-state index in [2.05, 4.69) is 9.88 Å². The van der Waals surface area contributed by atoms with E-state index in [0.29, 0.717) is 0 Å². The predicted octanol–water partition coefficient (Wildman–Crippen LogP) is 3.38. The van der Waals surface area contributed by atoms with Crippen molar-refractivity contribution in [3.8, 4) is 11.6 Å². The lowest BCUT2D eigenvalue weighted by Gasteiger charge is -2.30. The second kappa shape index (κ2) is 8.82. The topological polar surface area (TPSA) is 97.4 Å². The van der Waals surface area contributed by atoms with Gasteiger partial charge in [0.05, 0.1) is 34.7 Å². The Hall–Kier alpha value is -3.28. The Morgan fingerprint density at radius 3 is 2.32 bits per heavy atom. The number of aromatic hydroxyl groups is 1. The molecule has 1 aromatic carbocycles. The lowest BCUT2D eigenvalue weighted by Crippen LogP contribution is -2.31. The molecule has 1 saturated heterocycles. The summed E-state index contributed by atoms with van der Waals surface area (Å²) in [6, 6.07) is 5.42. The van der Waals surface area contributed by atoms with Crippen LogP contribution in [0.15, 0.2) is 52.4 Å².